The summed E-state index contributed by atoms with van der Waals surface area (Å²) in [5.41, 5.74) is 4.99. The molecule has 0 bridgehead atoms. The number of esters is 1. The van der Waals surface area contributed by atoms with E-state index in [1.165, 1.54) is 11.8 Å². The van der Waals surface area contributed by atoms with E-state index in [1.54, 1.807) is 38.1 Å². The van der Waals surface area contributed by atoms with E-state index in [9.17, 15) is 14.4 Å². The maximum absolute atomic E-state index is 13.6. The summed E-state index contributed by atoms with van der Waals surface area (Å²) >= 11 is 1.25. The minimum absolute atomic E-state index is 0.220. The molecule has 0 aromatic heterocycles. The van der Waals surface area contributed by atoms with E-state index < -0.39 is 17.8 Å². The third kappa shape index (κ3) is 5.36. The third-order valence-corrected chi connectivity index (χ3v) is 6.85. The van der Waals surface area contributed by atoms with Crippen molar-refractivity contribution in [2.45, 2.75) is 45.6 Å². The van der Waals surface area contributed by atoms with Crippen LogP contribution >= 0.6 is 11.8 Å². The fraction of sp³-hybridized carbons (Fsp3) is 0.207. The molecular weight excluding hydrogens is 472 g/mol. The summed E-state index contributed by atoms with van der Waals surface area (Å²) in [5, 5.41) is 3.19. The summed E-state index contributed by atoms with van der Waals surface area (Å²) in [6.07, 6.45) is -0.247. The van der Waals surface area contributed by atoms with Gasteiger partial charge in [-0.1, -0.05) is 35.5 Å². The van der Waals surface area contributed by atoms with E-state index in [0.717, 1.165) is 32.2 Å². The number of carbonyl (C=O) groups excluding carboxylic acids is 3. The fourth-order valence-corrected chi connectivity index (χ4v) is 4.59. The minimum Gasteiger partial charge on any atom is -0.459 e. The number of aryl methyl sites for hydroxylation is 3. The lowest BCUT2D eigenvalue weighted by molar-refractivity contribution is -0.120. The van der Waals surface area contributed by atoms with E-state index >= 15 is 0 Å². The first-order chi connectivity index (χ1) is 17.1. The summed E-state index contributed by atoms with van der Waals surface area (Å²) in [5.74, 6) is -1.33. The first-order valence-corrected chi connectivity index (χ1v) is 12.5. The largest absolute Gasteiger partial charge is 0.459 e. The Balaban J connectivity index is 1.68. The van der Waals surface area contributed by atoms with Gasteiger partial charge in [-0.05, 0) is 94.3 Å². The lowest BCUT2D eigenvalue weighted by atomic mass is 10.1. The molecule has 2 amide bonds. The molecule has 3 aromatic rings. The lowest BCUT2D eigenvalue weighted by Gasteiger charge is -2.16. The van der Waals surface area contributed by atoms with Crippen molar-refractivity contribution in [3.05, 3.63) is 99.6 Å². The second-order valence-electron chi connectivity index (χ2n) is 8.99. The molecule has 6 nitrogen and oxygen atoms in total. The number of hydrogen-bond acceptors (Lipinski definition) is 6. The second kappa shape index (κ2) is 10.4. The Labute approximate surface area is 215 Å². The fourth-order valence-electron chi connectivity index (χ4n) is 3.67. The van der Waals surface area contributed by atoms with Crippen LogP contribution in [0.3, 0.4) is 0 Å². The molecule has 7 heteroatoms. The maximum Gasteiger partial charge on any atom is 0.338 e. The van der Waals surface area contributed by atoms with Gasteiger partial charge in [0.15, 0.2) is 0 Å². The molecule has 0 fully saturated rings. The third-order valence-electron chi connectivity index (χ3n) is 5.76. The van der Waals surface area contributed by atoms with Crippen molar-refractivity contribution in [2.24, 2.45) is 0 Å². The molecule has 36 heavy (non-hydrogen) atoms. The maximum atomic E-state index is 13.6. The highest BCUT2D eigenvalue weighted by molar-refractivity contribution is 8.04. The Morgan fingerprint density at radius 3 is 2.14 bits per heavy atom. The van der Waals surface area contributed by atoms with Gasteiger partial charge in [-0.15, -0.1) is 0 Å². The summed E-state index contributed by atoms with van der Waals surface area (Å²) in [4.78, 5) is 41.6. The zero-order valence-corrected chi connectivity index (χ0v) is 21.7. The number of nitrogens with one attached hydrogen (secondary N) is 1. The lowest BCUT2D eigenvalue weighted by Crippen LogP contribution is -2.32. The van der Waals surface area contributed by atoms with Crippen LogP contribution in [-0.2, 0) is 14.3 Å². The van der Waals surface area contributed by atoms with Crippen LogP contribution in [0.25, 0.3) is 0 Å². The molecule has 0 saturated carbocycles. The highest BCUT2D eigenvalue weighted by Gasteiger charge is 2.40. The normalized spacial score (nSPS) is 13.6. The van der Waals surface area contributed by atoms with Gasteiger partial charge in [0.05, 0.1) is 17.4 Å². The molecular formula is C29H28N2O4S. The van der Waals surface area contributed by atoms with E-state index in [1.807, 2.05) is 63.2 Å². The Morgan fingerprint density at radius 1 is 0.861 bits per heavy atom. The molecule has 1 heterocycles. The van der Waals surface area contributed by atoms with Crippen LogP contribution in [0.5, 0.6) is 0 Å². The number of amides is 2. The molecule has 0 radical (unpaired) electrons. The Bertz CT molecular complexity index is 1360. The quantitative estimate of drug-likeness (QED) is 0.309. The van der Waals surface area contributed by atoms with Crippen LogP contribution < -0.4 is 10.2 Å². The number of thioether (sulfide) groups is 1. The average Bonchev–Trinajstić information content (AvgIpc) is 3.06. The number of anilines is 2. The first-order valence-electron chi connectivity index (χ1n) is 11.7. The zero-order chi connectivity index (χ0) is 26.0. The summed E-state index contributed by atoms with van der Waals surface area (Å²) in [6.45, 7) is 9.56. The van der Waals surface area contributed by atoms with Crippen LogP contribution in [0, 0.1) is 20.8 Å². The topological polar surface area (TPSA) is 75.7 Å². The van der Waals surface area contributed by atoms with Crippen molar-refractivity contribution in [1.29, 1.82) is 0 Å². The van der Waals surface area contributed by atoms with Gasteiger partial charge >= 0.3 is 5.97 Å². The van der Waals surface area contributed by atoms with Crippen molar-refractivity contribution < 1.29 is 19.1 Å². The minimum atomic E-state index is -0.457. The van der Waals surface area contributed by atoms with E-state index in [-0.39, 0.29) is 11.8 Å². The van der Waals surface area contributed by atoms with E-state index in [4.69, 9.17) is 4.74 Å². The SMILES string of the molecule is Cc1ccc(SC2=C(Nc3ccc(C)c(C)c3)C(=O)N(c3ccc(C(=O)OC(C)C)cc3)C2=O)cc1. The molecule has 0 spiro atoms. The number of imide groups is 1. The summed E-state index contributed by atoms with van der Waals surface area (Å²) in [7, 11) is 0. The summed E-state index contributed by atoms with van der Waals surface area (Å²) < 4.78 is 5.23. The number of hydrogen-bond donors (Lipinski definition) is 1. The Morgan fingerprint density at radius 2 is 1.53 bits per heavy atom. The highest BCUT2D eigenvalue weighted by Crippen LogP contribution is 2.38. The van der Waals surface area contributed by atoms with Gasteiger partial charge in [0.1, 0.15) is 10.6 Å². The number of ether oxygens (including phenoxy) is 1. The molecule has 0 saturated heterocycles. The van der Waals surface area contributed by atoms with Gasteiger partial charge in [0.25, 0.3) is 11.8 Å². The second-order valence-corrected chi connectivity index (χ2v) is 10.1. The van der Waals surface area contributed by atoms with Crippen molar-refractivity contribution >= 4 is 40.9 Å². The number of benzene rings is 3. The van der Waals surface area contributed by atoms with Crippen molar-refractivity contribution in [3.63, 3.8) is 0 Å². The van der Waals surface area contributed by atoms with E-state index in [2.05, 4.69) is 5.32 Å². The van der Waals surface area contributed by atoms with Gasteiger partial charge in [0, 0.05) is 10.6 Å². The van der Waals surface area contributed by atoms with Crippen molar-refractivity contribution in [3.8, 4) is 0 Å². The van der Waals surface area contributed by atoms with Crippen LogP contribution in [0.1, 0.15) is 40.9 Å². The molecule has 3 aromatic carbocycles. The monoisotopic (exact) mass is 500 g/mol. The van der Waals surface area contributed by atoms with Gasteiger partial charge in [-0.25, -0.2) is 9.69 Å². The standard InChI is InChI=1S/C29H28N2O4S/c1-17(2)35-29(34)21-9-12-23(13-10-21)31-27(32)25(30-22-11-8-19(4)20(5)16-22)26(28(31)33)36-24-14-6-18(3)7-15-24/h6-17,30H,1-5H3. The van der Waals surface area contributed by atoms with Crippen molar-refractivity contribution in [1.82, 2.24) is 0 Å². The Hall–Kier alpha value is -3.84. The summed E-state index contributed by atoms with van der Waals surface area (Å²) in [6, 6.07) is 19.9. The Kier molecular flexibility index (Phi) is 7.31. The number of carbonyl (C=O) groups is 3. The zero-order valence-electron chi connectivity index (χ0n) is 20.9. The van der Waals surface area contributed by atoms with E-state index in [0.29, 0.717) is 16.2 Å². The number of nitrogens with zero attached hydrogens (tertiary/aromatic N) is 1. The molecule has 0 unspecified atom stereocenters. The molecule has 0 aliphatic carbocycles. The van der Waals surface area contributed by atoms with Crippen molar-refractivity contribution in [2.75, 3.05) is 10.2 Å². The van der Waals surface area contributed by atoms with Gasteiger partial charge < -0.3 is 10.1 Å². The van der Waals surface area contributed by atoms with Gasteiger partial charge in [-0.3, -0.25) is 9.59 Å². The van der Waals surface area contributed by atoms with Crippen LogP contribution in [0.2, 0.25) is 0 Å². The average molecular weight is 501 g/mol. The molecule has 1 N–H and O–H groups in total. The predicted octanol–water partition coefficient (Wildman–Crippen LogP) is 6.17. The van der Waals surface area contributed by atoms with Crippen LogP contribution in [0.4, 0.5) is 11.4 Å². The van der Waals surface area contributed by atoms with Gasteiger partial charge in [-0.2, -0.15) is 0 Å². The van der Waals surface area contributed by atoms with Gasteiger partial charge in [0.2, 0.25) is 0 Å². The number of rotatable bonds is 7. The van der Waals surface area contributed by atoms with Crippen LogP contribution in [-0.4, -0.2) is 23.9 Å². The molecule has 1 aliphatic rings. The molecule has 4 rings (SSSR count). The smallest absolute Gasteiger partial charge is 0.338 e. The molecule has 184 valence electrons. The molecule has 1 aliphatic heterocycles. The predicted molar refractivity (Wildman–Crippen MR) is 143 cm³/mol. The highest BCUT2D eigenvalue weighted by atomic mass is 32.2. The molecule has 0 atom stereocenters. The first kappa shape index (κ1) is 25.3. The van der Waals surface area contributed by atoms with Crippen LogP contribution in [0.15, 0.2) is 82.2 Å².